The first-order valence-corrected chi connectivity index (χ1v) is 6.83. The fourth-order valence-corrected chi connectivity index (χ4v) is 2.07. The summed E-state index contributed by atoms with van der Waals surface area (Å²) in [5.74, 6) is 0. The highest BCUT2D eigenvalue weighted by atomic mass is 35.5. The minimum Gasteiger partial charge on any atom is -0.375 e. The zero-order chi connectivity index (χ0) is 11.8. The summed E-state index contributed by atoms with van der Waals surface area (Å²) in [5.41, 5.74) is 0.397. The Kier molecular flexibility index (Phi) is 2.86. The van der Waals surface area contributed by atoms with E-state index in [4.69, 9.17) is 16.4 Å². The van der Waals surface area contributed by atoms with Crippen molar-refractivity contribution in [1.29, 1.82) is 0 Å². The van der Waals surface area contributed by atoms with Gasteiger partial charge in [0.1, 0.15) is 5.15 Å². The van der Waals surface area contributed by atoms with Crippen molar-refractivity contribution in [3.8, 4) is 0 Å². The van der Waals surface area contributed by atoms with Gasteiger partial charge in [-0.05, 0) is 12.1 Å². The second kappa shape index (κ2) is 4.03. The van der Waals surface area contributed by atoms with Crippen LogP contribution in [-0.4, -0.2) is 30.8 Å². The number of hydrogen-bond acceptors (Lipinski definition) is 5. The van der Waals surface area contributed by atoms with Crippen LogP contribution in [0.5, 0.6) is 0 Å². The maximum atomic E-state index is 11.2. The van der Waals surface area contributed by atoms with Crippen LogP contribution in [0.2, 0.25) is 5.15 Å². The lowest BCUT2D eigenvalue weighted by Gasteiger charge is -2.03. The molecular formula is C9H9ClN2O3S. The van der Waals surface area contributed by atoms with Crippen molar-refractivity contribution in [2.75, 3.05) is 6.26 Å². The summed E-state index contributed by atoms with van der Waals surface area (Å²) >= 11 is 5.64. The lowest BCUT2D eigenvalue weighted by Crippen LogP contribution is -2.19. The number of pyridine rings is 1. The number of sulfone groups is 1. The molecule has 1 aliphatic heterocycles. The standard InChI is InChI=1S/C9H9ClN2O3S/c1-16(13,14)9-4-7(12-15-9)6-2-3-8(10)11-5-6/h2-3,5,9H,4H2,1H3/t9-/m1/s1. The van der Waals surface area contributed by atoms with Gasteiger partial charge in [-0.1, -0.05) is 16.8 Å². The average Bonchev–Trinajstić information content (AvgIpc) is 2.67. The third-order valence-electron chi connectivity index (χ3n) is 2.18. The molecule has 86 valence electrons. The number of halogens is 1. The van der Waals surface area contributed by atoms with E-state index in [2.05, 4.69) is 10.1 Å². The molecule has 0 saturated carbocycles. The highest BCUT2D eigenvalue weighted by molar-refractivity contribution is 7.91. The molecule has 0 aliphatic carbocycles. The Morgan fingerprint density at radius 1 is 1.50 bits per heavy atom. The van der Waals surface area contributed by atoms with Gasteiger partial charge in [0.2, 0.25) is 5.44 Å². The summed E-state index contributed by atoms with van der Waals surface area (Å²) < 4.78 is 22.5. The Morgan fingerprint density at radius 3 is 2.75 bits per heavy atom. The van der Waals surface area contributed by atoms with Crippen LogP contribution in [0.1, 0.15) is 12.0 Å². The largest absolute Gasteiger partial charge is 0.375 e. The first-order valence-electron chi connectivity index (χ1n) is 4.50. The molecule has 0 saturated heterocycles. The van der Waals surface area contributed by atoms with E-state index < -0.39 is 15.3 Å². The van der Waals surface area contributed by atoms with Crippen molar-refractivity contribution in [1.82, 2.24) is 4.98 Å². The van der Waals surface area contributed by atoms with Gasteiger partial charge in [-0.3, -0.25) is 0 Å². The van der Waals surface area contributed by atoms with Crippen molar-refractivity contribution in [3.05, 3.63) is 29.0 Å². The predicted molar refractivity (Wildman–Crippen MR) is 60.1 cm³/mol. The van der Waals surface area contributed by atoms with E-state index in [0.717, 1.165) is 11.8 Å². The van der Waals surface area contributed by atoms with Crippen LogP contribution in [0, 0.1) is 0 Å². The zero-order valence-electron chi connectivity index (χ0n) is 8.42. The molecule has 0 aromatic carbocycles. The van der Waals surface area contributed by atoms with Crippen molar-refractivity contribution in [3.63, 3.8) is 0 Å². The number of nitrogens with zero attached hydrogens (tertiary/aromatic N) is 2. The van der Waals surface area contributed by atoms with Gasteiger partial charge in [0.15, 0.2) is 9.84 Å². The summed E-state index contributed by atoms with van der Waals surface area (Å²) in [5, 5.41) is 4.12. The SMILES string of the molecule is CS(=O)(=O)[C@@H]1CC(c2ccc(Cl)nc2)=NO1. The topological polar surface area (TPSA) is 68.6 Å². The molecule has 0 unspecified atom stereocenters. The molecule has 0 amide bonds. The molecule has 2 rings (SSSR count). The predicted octanol–water partition coefficient (Wildman–Crippen LogP) is 1.23. The van der Waals surface area contributed by atoms with E-state index in [-0.39, 0.29) is 6.42 Å². The summed E-state index contributed by atoms with van der Waals surface area (Å²) in [4.78, 5) is 8.74. The maximum Gasteiger partial charge on any atom is 0.232 e. The fraction of sp³-hybridized carbons (Fsp3) is 0.333. The van der Waals surface area contributed by atoms with Crippen LogP contribution in [0.15, 0.2) is 23.5 Å². The smallest absolute Gasteiger partial charge is 0.232 e. The van der Waals surface area contributed by atoms with Gasteiger partial charge in [0.05, 0.1) is 5.71 Å². The summed E-state index contributed by atoms with van der Waals surface area (Å²) in [7, 11) is -3.23. The molecular weight excluding hydrogens is 252 g/mol. The van der Waals surface area contributed by atoms with Crippen LogP contribution in [0.3, 0.4) is 0 Å². The van der Waals surface area contributed by atoms with Gasteiger partial charge >= 0.3 is 0 Å². The van der Waals surface area contributed by atoms with Gasteiger partial charge in [-0.15, -0.1) is 0 Å². The average molecular weight is 261 g/mol. The zero-order valence-corrected chi connectivity index (χ0v) is 9.99. The molecule has 1 aromatic rings. The van der Waals surface area contributed by atoms with E-state index in [9.17, 15) is 8.42 Å². The monoisotopic (exact) mass is 260 g/mol. The molecule has 0 bridgehead atoms. The van der Waals surface area contributed by atoms with Crippen LogP contribution in [-0.2, 0) is 14.7 Å². The number of oxime groups is 1. The molecule has 16 heavy (non-hydrogen) atoms. The molecule has 1 aromatic heterocycles. The van der Waals surface area contributed by atoms with Gasteiger partial charge in [0.25, 0.3) is 0 Å². The molecule has 2 heterocycles. The van der Waals surface area contributed by atoms with Crippen molar-refractivity contribution < 1.29 is 13.3 Å². The van der Waals surface area contributed by atoms with E-state index in [1.807, 2.05) is 0 Å². The maximum absolute atomic E-state index is 11.2. The van der Waals surface area contributed by atoms with Crippen molar-refractivity contribution >= 4 is 27.1 Å². The minimum atomic E-state index is -3.23. The third-order valence-corrected chi connectivity index (χ3v) is 3.61. The van der Waals surface area contributed by atoms with Crippen LogP contribution in [0.25, 0.3) is 0 Å². The quantitative estimate of drug-likeness (QED) is 0.750. The molecule has 1 atom stereocenters. The van der Waals surface area contributed by atoms with E-state index >= 15 is 0 Å². The van der Waals surface area contributed by atoms with Crippen molar-refractivity contribution in [2.45, 2.75) is 11.9 Å². The lowest BCUT2D eigenvalue weighted by atomic mass is 10.1. The van der Waals surface area contributed by atoms with Gasteiger partial charge < -0.3 is 4.84 Å². The Hall–Kier alpha value is -1.14. The molecule has 1 aliphatic rings. The number of rotatable bonds is 2. The Balaban J connectivity index is 2.18. The van der Waals surface area contributed by atoms with E-state index in [1.54, 1.807) is 12.1 Å². The number of aromatic nitrogens is 1. The van der Waals surface area contributed by atoms with Gasteiger partial charge in [-0.2, -0.15) is 0 Å². The normalized spacial score (nSPS) is 20.4. The Bertz CT molecular complexity index is 524. The summed E-state index contributed by atoms with van der Waals surface area (Å²) in [6.45, 7) is 0. The molecule has 5 nitrogen and oxygen atoms in total. The summed E-state index contributed by atoms with van der Waals surface area (Å²) in [6.07, 6.45) is 2.90. The van der Waals surface area contributed by atoms with Gasteiger partial charge in [-0.25, -0.2) is 13.4 Å². The minimum absolute atomic E-state index is 0.238. The highest BCUT2D eigenvalue weighted by Crippen LogP contribution is 2.20. The molecule has 0 fully saturated rings. The third kappa shape index (κ3) is 2.33. The van der Waals surface area contributed by atoms with Crippen LogP contribution < -0.4 is 0 Å². The van der Waals surface area contributed by atoms with Crippen molar-refractivity contribution in [2.24, 2.45) is 5.16 Å². The second-order valence-electron chi connectivity index (χ2n) is 3.48. The summed E-state index contributed by atoms with van der Waals surface area (Å²) in [6, 6.07) is 3.34. The first kappa shape index (κ1) is 11.3. The molecule has 0 radical (unpaired) electrons. The van der Waals surface area contributed by atoms with Gasteiger partial charge in [0, 0.05) is 24.4 Å². The van der Waals surface area contributed by atoms with E-state index in [0.29, 0.717) is 10.9 Å². The van der Waals surface area contributed by atoms with Crippen LogP contribution >= 0.6 is 11.6 Å². The Labute approximate surface area is 98.0 Å². The lowest BCUT2D eigenvalue weighted by molar-refractivity contribution is 0.141. The molecule has 7 heteroatoms. The molecule has 0 N–H and O–H groups in total. The van der Waals surface area contributed by atoms with Crippen LogP contribution in [0.4, 0.5) is 0 Å². The highest BCUT2D eigenvalue weighted by Gasteiger charge is 2.30. The second-order valence-corrected chi connectivity index (χ2v) is 6.05. The molecule has 0 spiro atoms. The first-order chi connectivity index (χ1) is 7.47. The Morgan fingerprint density at radius 2 is 2.25 bits per heavy atom. The van der Waals surface area contributed by atoms with E-state index in [1.165, 1.54) is 6.20 Å². The fourth-order valence-electron chi connectivity index (χ4n) is 1.30. The number of hydrogen-bond donors (Lipinski definition) is 0.